The van der Waals surface area contributed by atoms with E-state index in [-0.39, 0.29) is 23.9 Å². The van der Waals surface area contributed by atoms with E-state index >= 15 is 0 Å². The summed E-state index contributed by atoms with van der Waals surface area (Å²) in [5.41, 5.74) is 3.68. The molecule has 1 aliphatic rings. The van der Waals surface area contributed by atoms with Gasteiger partial charge < -0.3 is 19.5 Å². The topological polar surface area (TPSA) is 56.8 Å². The average Bonchev–Trinajstić information content (AvgIpc) is 2.89. The molecule has 3 aromatic carbocycles. The minimum atomic E-state index is -0.306. The molecule has 0 saturated heterocycles. The zero-order valence-corrected chi connectivity index (χ0v) is 21.0. The van der Waals surface area contributed by atoms with E-state index in [1.807, 2.05) is 36.4 Å². The molecule has 190 valence electrons. The number of benzene rings is 3. The molecule has 1 aliphatic carbocycles. The fourth-order valence-corrected chi connectivity index (χ4v) is 4.70. The van der Waals surface area contributed by atoms with Crippen LogP contribution in [-0.2, 0) is 22.6 Å². The van der Waals surface area contributed by atoms with E-state index in [2.05, 4.69) is 17.4 Å². The number of hydrogen-bond donors (Lipinski definition) is 1. The summed E-state index contributed by atoms with van der Waals surface area (Å²) >= 11 is 0. The van der Waals surface area contributed by atoms with Crippen LogP contribution in [0.25, 0.3) is 11.1 Å². The highest BCUT2D eigenvalue weighted by atomic mass is 19.1. The summed E-state index contributed by atoms with van der Waals surface area (Å²) in [7, 11) is 1.62. The molecular weight excluding hydrogens is 457 g/mol. The number of amides is 1. The fraction of sp³-hybridized carbons (Fsp3) is 0.367. The van der Waals surface area contributed by atoms with Crippen LogP contribution in [0.2, 0.25) is 0 Å². The summed E-state index contributed by atoms with van der Waals surface area (Å²) in [6.45, 7) is 2.58. The van der Waals surface area contributed by atoms with Gasteiger partial charge in [-0.05, 0) is 67.0 Å². The molecule has 1 N–H and O–H groups in total. The molecule has 4 rings (SSSR count). The quantitative estimate of drug-likeness (QED) is 0.373. The predicted molar refractivity (Wildman–Crippen MR) is 139 cm³/mol. The van der Waals surface area contributed by atoms with Gasteiger partial charge in [-0.3, -0.25) is 4.79 Å². The molecule has 0 heterocycles. The lowest BCUT2D eigenvalue weighted by molar-refractivity contribution is -0.118. The maximum Gasteiger partial charge on any atom is 0.216 e. The van der Waals surface area contributed by atoms with E-state index in [0.29, 0.717) is 31.1 Å². The van der Waals surface area contributed by atoms with Crippen LogP contribution in [-0.4, -0.2) is 31.8 Å². The molecule has 1 amide bonds. The van der Waals surface area contributed by atoms with E-state index in [0.717, 1.165) is 42.4 Å². The van der Waals surface area contributed by atoms with E-state index in [1.165, 1.54) is 24.6 Å². The van der Waals surface area contributed by atoms with Gasteiger partial charge in [0.05, 0.1) is 25.9 Å². The fourth-order valence-electron chi connectivity index (χ4n) is 4.70. The number of halogens is 1. The van der Waals surface area contributed by atoms with Gasteiger partial charge in [-0.2, -0.15) is 0 Å². The highest BCUT2D eigenvalue weighted by molar-refractivity contribution is 5.74. The molecule has 0 bridgehead atoms. The number of rotatable bonds is 10. The van der Waals surface area contributed by atoms with Crippen molar-refractivity contribution in [2.45, 2.75) is 57.8 Å². The van der Waals surface area contributed by atoms with Crippen LogP contribution in [0, 0.1) is 5.82 Å². The zero-order chi connectivity index (χ0) is 25.3. The summed E-state index contributed by atoms with van der Waals surface area (Å²) in [5.74, 6) is 0.962. The molecular formula is C30H34FNO4. The maximum absolute atomic E-state index is 14.1. The molecule has 0 atom stereocenters. The van der Waals surface area contributed by atoms with Crippen LogP contribution in [0.15, 0.2) is 66.7 Å². The molecule has 5 nitrogen and oxygen atoms in total. The predicted octanol–water partition coefficient (Wildman–Crippen LogP) is 6.09. The van der Waals surface area contributed by atoms with Crippen molar-refractivity contribution < 1.29 is 23.4 Å². The van der Waals surface area contributed by atoms with Gasteiger partial charge in [-0.15, -0.1) is 0 Å². The number of nitrogens with one attached hydrogen (secondary N) is 1. The molecule has 0 unspecified atom stereocenters. The number of carbonyl (C=O) groups excluding carboxylic acids is 1. The summed E-state index contributed by atoms with van der Waals surface area (Å²) in [6.07, 6.45) is 4.57. The van der Waals surface area contributed by atoms with Crippen LogP contribution >= 0.6 is 0 Å². The molecule has 36 heavy (non-hydrogen) atoms. The van der Waals surface area contributed by atoms with Crippen LogP contribution in [0.5, 0.6) is 11.5 Å². The Morgan fingerprint density at radius 3 is 2.42 bits per heavy atom. The average molecular weight is 492 g/mol. The minimum absolute atomic E-state index is 0.0804. The Bertz CT molecular complexity index is 1140. The van der Waals surface area contributed by atoms with Gasteiger partial charge in [-0.25, -0.2) is 4.39 Å². The smallest absolute Gasteiger partial charge is 0.216 e. The van der Waals surface area contributed by atoms with E-state index < -0.39 is 0 Å². The SMILES string of the molecule is COc1cc(OC2CCC(OCc3ccccc3)CC2)cc(-c2cccc(F)c2)c1CCNC(C)=O. The number of methoxy groups -OCH3 is 1. The van der Waals surface area contributed by atoms with Crippen molar-refractivity contribution in [3.05, 3.63) is 83.7 Å². The molecule has 0 radical (unpaired) electrons. The second-order valence-corrected chi connectivity index (χ2v) is 9.21. The Balaban J connectivity index is 1.46. The van der Waals surface area contributed by atoms with Crippen molar-refractivity contribution >= 4 is 5.91 Å². The molecule has 0 aliphatic heterocycles. The van der Waals surface area contributed by atoms with Crippen molar-refractivity contribution in [2.75, 3.05) is 13.7 Å². The van der Waals surface area contributed by atoms with E-state index in [1.54, 1.807) is 13.2 Å². The van der Waals surface area contributed by atoms with E-state index in [9.17, 15) is 9.18 Å². The summed E-state index contributed by atoms with van der Waals surface area (Å²) in [6, 6.07) is 20.6. The molecule has 1 fully saturated rings. The summed E-state index contributed by atoms with van der Waals surface area (Å²) in [4.78, 5) is 11.4. The largest absolute Gasteiger partial charge is 0.496 e. The highest BCUT2D eigenvalue weighted by Gasteiger charge is 2.24. The lowest BCUT2D eigenvalue weighted by atomic mass is 9.94. The van der Waals surface area contributed by atoms with Crippen molar-refractivity contribution in [2.24, 2.45) is 0 Å². The van der Waals surface area contributed by atoms with Crippen molar-refractivity contribution in [3.63, 3.8) is 0 Å². The van der Waals surface area contributed by atoms with Crippen molar-refractivity contribution in [3.8, 4) is 22.6 Å². The Kier molecular flexibility index (Phi) is 8.95. The lowest BCUT2D eigenvalue weighted by Crippen LogP contribution is -2.28. The maximum atomic E-state index is 14.1. The van der Waals surface area contributed by atoms with Crippen molar-refractivity contribution in [1.29, 1.82) is 0 Å². The number of hydrogen-bond acceptors (Lipinski definition) is 4. The molecule has 1 saturated carbocycles. The standard InChI is InChI=1S/C30H34FNO4/c1-21(33)32-16-15-28-29(23-9-6-10-24(31)17-23)18-27(19-30(28)34-2)36-26-13-11-25(12-14-26)35-20-22-7-4-3-5-8-22/h3-10,17-19,25-26H,11-16,20H2,1-2H3,(H,32,33). The van der Waals surface area contributed by atoms with Gasteiger partial charge in [0.1, 0.15) is 17.3 Å². The third-order valence-corrected chi connectivity index (χ3v) is 6.54. The minimum Gasteiger partial charge on any atom is -0.496 e. The molecule has 3 aromatic rings. The Morgan fingerprint density at radius 1 is 0.972 bits per heavy atom. The highest BCUT2D eigenvalue weighted by Crippen LogP contribution is 2.37. The number of carbonyl (C=O) groups is 1. The monoisotopic (exact) mass is 491 g/mol. The van der Waals surface area contributed by atoms with Crippen LogP contribution in [0.1, 0.15) is 43.7 Å². The van der Waals surface area contributed by atoms with Crippen LogP contribution in [0.4, 0.5) is 4.39 Å². The normalized spacial score (nSPS) is 17.4. The second kappa shape index (κ2) is 12.5. The molecule has 0 aromatic heterocycles. The Hall–Kier alpha value is -3.38. The summed E-state index contributed by atoms with van der Waals surface area (Å²) in [5, 5.41) is 2.83. The Morgan fingerprint density at radius 2 is 1.72 bits per heavy atom. The summed E-state index contributed by atoms with van der Waals surface area (Å²) < 4.78 is 32.3. The van der Waals surface area contributed by atoms with Crippen LogP contribution < -0.4 is 14.8 Å². The Labute approximate surface area is 212 Å². The lowest BCUT2D eigenvalue weighted by Gasteiger charge is -2.29. The molecule has 6 heteroatoms. The third-order valence-electron chi connectivity index (χ3n) is 6.54. The third kappa shape index (κ3) is 7.08. The first kappa shape index (κ1) is 25.7. The van der Waals surface area contributed by atoms with E-state index in [4.69, 9.17) is 14.2 Å². The van der Waals surface area contributed by atoms with Gasteiger partial charge in [0.15, 0.2) is 0 Å². The van der Waals surface area contributed by atoms with Gasteiger partial charge in [0.2, 0.25) is 5.91 Å². The first-order valence-corrected chi connectivity index (χ1v) is 12.6. The van der Waals surface area contributed by atoms with Crippen molar-refractivity contribution in [1.82, 2.24) is 5.32 Å². The van der Waals surface area contributed by atoms with Crippen LogP contribution in [0.3, 0.4) is 0 Å². The van der Waals surface area contributed by atoms with Gasteiger partial charge in [0, 0.05) is 25.1 Å². The first-order valence-electron chi connectivity index (χ1n) is 12.6. The number of ether oxygens (including phenoxy) is 3. The van der Waals surface area contributed by atoms with Gasteiger partial charge in [-0.1, -0.05) is 42.5 Å². The zero-order valence-electron chi connectivity index (χ0n) is 21.0. The second-order valence-electron chi connectivity index (χ2n) is 9.21. The molecule has 0 spiro atoms. The first-order chi connectivity index (χ1) is 17.5. The van der Waals surface area contributed by atoms with Gasteiger partial charge in [0.25, 0.3) is 0 Å². The van der Waals surface area contributed by atoms with Gasteiger partial charge >= 0.3 is 0 Å².